The number of benzene rings is 1. The summed E-state index contributed by atoms with van der Waals surface area (Å²) in [5, 5.41) is 0. The van der Waals surface area contributed by atoms with Crippen molar-refractivity contribution in [2.75, 3.05) is 13.7 Å². The van der Waals surface area contributed by atoms with E-state index in [1.807, 2.05) is 19.1 Å². The first-order valence-electron chi connectivity index (χ1n) is 7.29. The Balaban J connectivity index is 2.51. The van der Waals surface area contributed by atoms with Gasteiger partial charge in [-0.3, -0.25) is 0 Å². The zero-order chi connectivity index (χ0) is 15.0. The van der Waals surface area contributed by atoms with Crippen molar-refractivity contribution < 1.29 is 14.3 Å². The molecule has 0 spiro atoms. The fraction of sp³-hybridized carbons (Fsp3) is 0.588. The average Bonchev–Trinajstić information content (AvgIpc) is 2.39. The van der Waals surface area contributed by atoms with E-state index >= 15 is 0 Å². The number of carbonyl (C=O) groups is 1. The van der Waals surface area contributed by atoms with Gasteiger partial charge < -0.3 is 9.47 Å². The molecular weight excluding hydrogens is 252 g/mol. The van der Waals surface area contributed by atoms with Gasteiger partial charge in [0.1, 0.15) is 6.10 Å². The van der Waals surface area contributed by atoms with Gasteiger partial charge in [-0.15, -0.1) is 0 Å². The summed E-state index contributed by atoms with van der Waals surface area (Å²) >= 11 is 0. The summed E-state index contributed by atoms with van der Waals surface area (Å²) in [6.07, 6.45) is 2.88. The van der Waals surface area contributed by atoms with E-state index in [1.165, 1.54) is 0 Å². The lowest BCUT2D eigenvalue weighted by atomic mass is 10.0. The molecule has 112 valence electrons. The van der Waals surface area contributed by atoms with E-state index in [4.69, 9.17) is 9.47 Å². The van der Waals surface area contributed by atoms with Crippen molar-refractivity contribution in [1.82, 2.24) is 0 Å². The number of esters is 1. The van der Waals surface area contributed by atoms with Crippen molar-refractivity contribution in [3.63, 3.8) is 0 Å². The van der Waals surface area contributed by atoms with Crippen LogP contribution in [0.4, 0.5) is 0 Å². The summed E-state index contributed by atoms with van der Waals surface area (Å²) in [6.45, 7) is 6.84. The lowest BCUT2D eigenvalue weighted by molar-refractivity contribution is 0.00219. The fourth-order valence-electron chi connectivity index (χ4n) is 2.03. The van der Waals surface area contributed by atoms with Crippen LogP contribution < -0.4 is 0 Å². The molecule has 0 aromatic heterocycles. The lowest BCUT2D eigenvalue weighted by Gasteiger charge is -2.17. The predicted octanol–water partition coefficient (Wildman–Crippen LogP) is 3.99. The Morgan fingerprint density at radius 3 is 2.35 bits per heavy atom. The van der Waals surface area contributed by atoms with Crippen LogP contribution in [0.25, 0.3) is 0 Å². The molecule has 3 heteroatoms. The van der Waals surface area contributed by atoms with Crippen LogP contribution in [-0.4, -0.2) is 25.8 Å². The van der Waals surface area contributed by atoms with E-state index in [2.05, 4.69) is 13.8 Å². The molecule has 0 saturated heterocycles. The Labute approximate surface area is 122 Å². The molecule has 1 rings (SSSR count). The maximum absolute atomic E-state index is 12.1. The number of methoxy groups -OCH3 is 1. The molecule has 0 radical (unpaired) electrons. The number of ether oxygens (including phenoxy) is 2. The molecular formula is C17H26O3. The minimum atomic E-state index is -0.267. The first kappa shape index (κ1) is 16.7. The number of carbonyl (C=O) groups excluding carboxylic acids is 1. The molecule has 3 nitrogen and oxygen atoms in total. The summed E-state index contributed by atoms with van der Waals surface area (Å²) < 4.78 is 10.7. The topological polar surface area (TPSA) is 35.5 Å². The standard InChI is InChI=1S/C17H26O3/c1-13(2)6-5-7-16(12-19-4)20-17(18)15-10-8-14(3)9-11-15/h8-11,13,16H,5-7,12H2,1-4H3. The Bertz CT molecular complexity index is 395. The Hall–Kier alpha value is -1.35. The first-order chi connectivity index (χ1) is 9.52. The average molecular weight is 278 g/mol. The maximum Gasteiger partial charge on any atom is 0.338 e. The minimum Gasteiger partial charge on any atom is -0.456 e. The van der Waals surface area contributed by atoms with Gasteiger partial charge in [0, 0.05) is 7.11 Å². The van der Waals surface area contributed by atoms with E-state index in [-0.39, 0.29) is 12.1 Å². The Kier molecular flexibility index (Phi) is 7.31. The molecule has 1 aromatic carbocycles. The van der Waals surface area contributed by atoms with Crippen molar-refractivity contribution in [2.45, 2.75) is 46.1 Å². The first-order valence-corrected chi connectivity index (χ1v) is 7.29. The molecule has 1 atom stereocenters. The number of hydrogen-bond acceptors (Lipinski definition) is 3. The van der Waals surface area contributed by atoms with Gasteiger partial charge in [0.25, 0.3) is 0 Å². The molecule has 0 heterocycles. The number of aryl methyl sites for hydroxylation is 1. The molecule has 0 aliphatic rings. The number of hydrogen-bond donors (Lipinski definition) is 0. The quantitative estimate of drug-likeness (QED) is 0.674. The molecule has 0 N–H and O–H groups in total. The SMILES string of the molecule is COCC(CCCC(C)C)OC(=O)c1ccc(C)cc1. The molecule has 1 aromatic rings. The molecule has 0 aliphatic heterocycles. The van der Waals surface area contributed by atoms with Crippen LogP contribution in [0.5, 0.6) is 0 Å². The number of rotatable bonds is 8. The zero-order valence-electron chi connectivity index (χ0n) is 13.0. The van der Waals surface area contributed by atoms with Crippen LogP contribution in [0.2, 0.25) is 0 Å². The van der Waals surface area contributed by atoms with Crippen LogP contribution in [0.1, 0.15) is 49.0 Å². The van der Waals surface area contributed by atoms with Crippen molar-refractivity contribution >= 4 is 5.97 Å². The van der Waals surface area contributed by atoms with E-state index in [0.717, 1.165) is 24.8 Å². The van der Waals surface area contributed by atoms with E-state index < -0.39 is 0 Å². The van der Waals surface area contributed by atoms with Gasteiger partial charge in [0.15, 0.2) is 0 Å². The smallest absolute Gasteiger partial charge is 0.338 e. The summed E-state index contributed by atoms with van der Waals surface area (Å²) in [5.74, 6) is 0.405. The van der Waals surface area contributed by atoms with Crippen molar-refractivity contribution in [3.05, 3.63) is 35.4 Å². The monoisotopic (exact) mass is 278 g/mol. The molecule has 0 bridgehead atoms. The molecule has 1 unspecified atom stereocenters. The molecule has 0 aliphatic carbocycles. The van der Waals surface area contributed by atoms with Crippen molar-refractivity contribution in [1.29, 1.82) is 0 Å². The van der Waals surface area contributed by atoms with Gasteiger partial charge in [-0.1, -0.05) is 38.0 Å². The highest BCUT2D eigenvalue weighted by Gasteiger charge is 2.16. The van der Waals surface area contributed by atoms with Crippen molar-refractivity contribution in [2.24, 2.45) is 5.92 Å². The predicted molar refractivity (Wildman–Crippen MR) is 80.9 cm³/mol. The lowest BCUT2D eigenvalue weighted by Crippen LogP contribution is -2.23. The minimum absolute atomic E-state index is 0.160. The third-order valence-electron chi connectivity index (χ3n) is 3.22. The molecule has 20 heavy (non-hydrogen) atoms. The Morgan fingerprint density at radius 2 is 1.80 bits per heavy atom. The summed E-state index contributed by atoms with van der Waals surface area (Å²) in [7, 11) is 1.63. The largest absolute Gasteiger partial charge is 0.456 e. The second-order valence-electron chi connectivity index (χ2n) is 5.67. The van der Waals surface area contributed by atoms with E-state index in [0.29, 0.717) is 18.1 Å². The Morgan fingerprint density at radius 1 is 1.15 bits per heavy atom. The molecule has 0 fully saturated rings. The van der Waals surface area contributed by atoms with Gasteiger partial charge >= 0.3 is 5.97 Å². The van der Waals surface area contributed by atoms with Crippen molar-refractivity contribution in [3.8, 4) is 0 Å². The van der Waals surface area contributed by atoms with Gasteiger partial charge in [0.2, 0.25) is 0 Å². The van der Waals surface area contributed by atoms with Gasteiger partial charge in [0.05, 0.1) is 12.2 Å². The third kappa shape index (κ3) is 6.20. The van der Waals surface area contributed by atoms with Gasteiger partial charge in [-0.25, -0.2) is 4.79 Å². The van der Waals surface area contributed by atoms with Crippen LogP contribution in [0.3, 0.4) is 0 Å². The second-order valence-corrected chi connectivity index (χ2v) is 5.67. The van der Waals surface area contributed by atoms with Crippen LogP contribution in [0, 0.1) is 12.8 Å². The van der Waals surface area contributed by atoms with Gasteiger partial charge in [-0.2, -0.15) is 0 Å². The molecule has 0 amide bonds. The highest BCUT2D eigenvalue weighted by atomic mass is 16.6. The highest BCUT2D eigenvalue weighted by Crippen LogP contribution is 2.13. The summed E-state index contributed by atoms with van der Waals surface area (Å²) in [6, 6.07) is 7.44. The van der Waals surface area contributed by atoms with Crippen LogP contribution in [-0.2, 0) is 9.47 Å². The third-order valence-corrected chi connectivity index (χ3v) is 3.22. The van der Waals surface area contributed by atoms with Gasteiger partial charge in [-0.05, 0) is 37.8 Å². The van der Waals surface area contributed by atoms with E-state index in [9.17, 15) is 4.79 Å². The maximum atomic E-state index is 12.1. The second kappa shape index (κ2) is 8.75. The summed E-state index contributed by atoms with van der Waals surface area (Å²) in [5.41, 5.74) is 1.73. The fourth-order valence-corrected chi connectivity index (χ4v) is 2.03. The highest BCUT2D eigenvalue weighted by molar-refractivity contribution is 5.89. The van der Waals surface area contributed by atoms with E-state index in [1.54, 1.807) is 19.2 Å². The zero-order valence-corrected chi connectivity index (χ0v) is 13.0. The molecule has 0 saturated carbocycles. The van der Waals surface area contributed by atoms with Crippen LogP contribution in [0.15, 0.2) is 24.3 Å². The van der Waals surface area contributed by atoms with Crippen LogP contribution >= 0.6 is 0 Å². The normalized spacial score (nSPS) is 12.4. The summed E-state index contributed by atoms with van der Waals surface area (Å²) in [4.78, 5) is 12.1.